The molecule has 33 heavy (non-hydrogen) atoms. The number of H-pyrrole nitrogens is 1. The van der Waals surface area contributed by atoms with Crippen molar-refractivity contribution in [2.45, 2.75) is 36.7 Å². The molecule has 0 spiro atoms. The fourth-order valence-electron chi connectivity index (χ4n) is 3.14. The Morgan fingerprint density at radius 1 is 1.15 bits per heavy atom. The van der Waals surface area contributed by atoms with Crippen molar-refractivity contribution in [3.05, 3.63) is 41.6 Å². The van der Waals surface area contributed by atoms with Crippen molar-refractivity contribution in [3.63, 3.8) is 0 Å². The lowest BCUT2D eigenvalue weighted by Crippen LogP contribution is -2.21. The Hall–Kier alpha value is -3.11. The summed E-state index contributed by atoms with van der Waals surface area (Å²) in [5, 5.41) is 17.5. The summed E-state index contributed by atoms with van der Waals surface area (Å²) in [5.41, 5.74) is 2.71. The third-order valence-electron chi connectivity index (χ3n) is 5.21. The van der Waals surface area contributed by atoms with Crippen LogP contribution in [0, 0.1) is 19.8 Å². The molecule has 0 saturated heterocycles. The molecule has 10 heteroatoms. The lowest BCUT2D eigenvalue weighted by molar-refractivity contribution is -0.117. The minimum absolute atomic E-state index is 0.107. The predicted molar refractivity (Wildman–Crippen MR) is 132 cm³/mol. The lowest BCUT2D eigenvalue weighted by atomic mass is 10.3. The molecule has 3 aromatic rings. The van der Waals surface area contributed by atoms with Gasteiger partial charge in [0.05, 0.1) is 0 Å². The topological polar surface area (TPSA) is 111 Å². The Balaban J connectivity index is 1.52. The van der Waals surface area contributed by atoms with Crippen LogP contribution in [0.3, 0.4) is 0 Å². The van der Waals surface area contributed by atoms with E-state index in [4.69, 9.17) is 9.97 Å². The number of aromatic amines is 1. The monoisotopic (exact) mass is 466 g/mol. The van der Waals surface area contributed by atoms with Gasteiger partial charge in [0, 0.05) is 46.9 Å². The number of aryl methyl sites for hydroxylation is 1. The summed E-state index contributed by atoms with van der Waals surface area (Å²) in [6, 6.07) is 9.71. The molecule has 0 bridgehead atoms. The number of amides is 1. The van der Waals surface area contributed by atoms with Gasteiger partial charge in [-0.15, -0.1) is 0 Å². The fourth-order valence-corrected chi connectivity index (χ4v) is 3.90. The fraction of sp³-hybridized carbons (Fsp3) is 0.391. The van der Waals surface area contributed by atoms with E-state index in [1.165, 1.54) is 11.8 Å². The van der Waals surface area contributed by atoms with Gasteiger partial charge in [-0.3, -0.25) is 9.89 Å². The molecular weight excluding hydrogens is 436 g/mol. The van der Waals surface area contributed by atoms with Crippen LogP contribution in [0.1, 0.15) is 24.1 Å². The van der Waals surface area contributed by atoms with Gasteiger partial charge in [0.15, 0.2) is 11.0 Å². The minimum Gasteiger partial charge on any atom is -0.368 e. The van der Waals surface area contributed by atoms with E-state index in [1.54, 1.807) is 0 Å². The number of rotatable bonds is 10. The van der Waals surface area contributed by atoms with Gasteiger partial charge >= 0.3 is 0 Å². The zero-order valence-corrected chi connectivity index (χ0v) is 20.2. The molecule has 1 aliphatic rings. The molecule has 1 aromatic carbocycles. The van der Waals surface area contributed by atoms with E-state index in [-0.39, 0.29) is 11.8 Å². The summed E-state index contributed by atoms with van der Waals surface area (Å²) in [7, 11) is 4.08. The summed E-state index contributed by atoms with van der Waals surface area (Å²) in [4.78, 5) is 24.6. The van der Waals surface area contributed by atoms with Crippen molar-refractivity contribution in [2.24, 2.45) is 5.92 Å². The largest absolute Gasteiger partial charge is 0.368 e. The molecule has 0 radical (unpaired) electrons. The quantitative estimate of drug-likeness (QED) is 0.332. The summed E-state index contributed by atoms with van der Waals surface area (Å²) < 4.78 is 0. The van der Waals surface area contributed by atoms with Crippen LogP contribution in [-0.2, 0) is 4.79 Å². The first-order valence-corrected chi connectivity index (χ1v) is 11.8. The predicted octanol–water partition coefficient (Wildman–Crippen LogP) is 4.03. The number of carbonyl (C=O) groups excluding carboxylic acids is 1. The van der Waals surface area contributed by atoms with Gasteiger partial charge < -0.3 is 20.9 Å². The second-order valence-electron chi connectivity index (χ2n) is 8.51. The van der Waals surface area contributed by atoms with Gasteiger partial charge in [0.2, 0.25) is 5.91 Å². The Morgan fingerprint density at radius 3 is 2.52 bits per heavy atom. The number of aromatic nitrogens is 4. The highest BCUT2D eigenvalue weighted by Gasteiger charge is 2.29. The molecule has 0 aliphatic heterocycles. The first-order chi connectivity index (χ1) is 15.9. The molecular formula is C23H30N8OS. The zero-order chi connectivity index (χ0) is 23.4. The number of nitrogens with one attached hydrogen (secondary N) is 4. The molecule has 2 heterocycles. The number of benzene rings is 1. The molecule has 9 nitrogen and oxygen atoms in total. The molecule has 1 aliphatic carbocycles. The highest BCUT2D eigenvalue weighted by Crippen LogP contribution is 2.32. The average Bonchev–Trinajstić information content (AvgIpc) is 3.55. The number of likely N-dealkylation sites (N-methyl/N-ethyl adjacent to an activating group) is 1. The highest BCUT2D eigenvalue weighted by atomic mass is 32.2. The summed E-state index contributed by atoms with van der Waals surface area (Å²) >= 11 is 1.47. The van der Waals surface area contributed by atoms with Crippen LogP contribution in [0.15, 0.2) is 40.4 Å². The molecule has 1 amide bonds. The molecule has 1 fully saturated rings. The van der Waals surface area contributed by atoms with Gasteiger partial charge in [-0.2, -0.15) is 5.10 Å². The van der Waals surface area contributed by atoms with E-state index >= 15 is 0 Å². The van der Waals surface area contributed by atoms with Crippen LogP contribution in [0.4, 0.5) is 23.1 Å². The van der Waals surface area contributed by atoms with Gasteiger partial charge in [-0.05, 0) is 76.8 Å². The molecule has 0 unspecified atom stereocenters. The summed E-state index contributed by atoms with van der Waals surface area (Å²) in [5.74, 6) is 2.50. The van der Waals surface area contributed by atoms with Gasteiger partial charge in [0.25, 0.3) is 0 Å². The van der Waals surface area contributed by atoms with Gasteiger partial charge in [-0.25, -0.2) is 9.97 Å². The molecule has 0 atom stereocenters. The second kappa shape index (κ2) is 10.2. The Labute approximate surface area is 198 Å². The third-order valence-corrected chi connectivity index (χ3v) is 6.08. The van der Waals surface area contributed by atoms with E-state index in [0.29, 0.717) is 16.8 Å². The second-order valence-corrected chi connectivity index (χ2v) is 9.55. The number of carbonyl (C=O) groups is 1. The Bertz CT molecular complexity index is 1110. The Morgan fingerprint density at radius 2 is 1.88 bits per heavy atom. The van der Waals surface area contributed by atoms with Gasteiger partial charge in [-0.1, -0.05) is 0 Å². The number of hydrogen-bond donors (Lipinski definition) is 4. The molecule has 4 N–H and O–H groups in total. The van der Waals surface area contributed by atoms with Crippen LogP contribution >= 0.6 is 11.8 Å². The highest BCUT2D eigenvalue weighted by molar-refractivity contribution is 7.99. The van der Waals surface area contributed by atoms with E-state index < -0.39 is 0 Å². The van der Waals surface area contributed by atoms with Crippen molar-refractivity contribution in [1.82, 2.24) is 25.1 Å². The maximum absolute atomic E-state index is 12.0. The van der Waals surface area contributed by atoms with E-state index in [1.807, 2.05) is 58.3 Å². The third kappa shape index (κ3) is 6.45. The molecule has 2 aromatic heterocycles. The standard InChI is InChI=1S/C23H30N8OS/c1-14-13-19(30-29-14)26-21-15(2)20(24-11-12-31(3)4)27-23(28-21)33-18-9-7-17(8-10-18)25-22(32)16-5-6-16/h7-10,13,16H,5-6,11-12H2,1-4H3,(H,25,32)(H3,24,26,27,28,29,30). The summed E-state index contributed by atoms with van der Waals surface area (Å²) in [6.45, 7) is 5.61. The molecule has 1 saturated carbocycles. The maximum Gasteiger partial charge on any atom is 0.227 e. The van der Waals surface area contributed by atoms with Crippen LogP contribution in [0.25, 0.3) is 0 Å². The molecule has 174 valence electrons. The number of anilines is 4. The smallest absolute Gasteiger partial charge is 0.227 e. The lowest BCUT2D eigenvalue weighted by Gasteiger charge is -2.16. The SMILES string of the molecule is Cc1cc(Nc2nc(Sc3ccc(NC(=O)C4CC4)cc3)nc(NCCN(C)C)c2C)n[nH]1. The van der Waals surface area contributed by atoms with Crippen LogP contribution in [-0.4, -0.2) is 58.2 Å². The minimum atomic E-state index is 0.107. The van der Waals surface area contributed by atoms with Crippen molar-refractivity contribution in [1.29, 1.82) is 0 Å². The van der Waals surface area contributed by atoms with E-state index in [2.05, 4.69) is 31.0 Å². The van der Waals surface area contributed by atoms with Crippen molar-refractivity contribution < 1.29 is 4.79 Å². The molecule has 4 rings (SSSR count). The van der Waals surface area contributed by atoms with E-state index in [0.717, 1.165) is 53.6 Å². The van der Waals surface area contributed by atoms with Crippen LogP contribution in [0.5, 0.6) is 0 Å². The first-order valence-electron chi connectivity index (χ1n) is 11.0. The Kier molecular flexibility index (Phi) is 7.14. The number of nitrogens with zero attached hydrogens (tertiary/aromatic N) is 4. The van der Waals surface area contributed by atoms with Crippen molar-refractivity contribution >= 4 is 40.8 Å². The van der Waals surface area contributed by atoms with Gasteiger partial charge in [0.1, 0.15) is 11.6 Å². The average molecular weight is 467 g/mol. The zero-order valence-electron chi connectivity index (χ0n) is 19.4. The van der Waals surface area contributed by atoms with Crippen molar-refractivity contribution in [3.8, 4) is 0 Å². The van der Waals surface area contributed by atoms with Crippen LogP contribution < -0.4 is 16.0 Å². The number of hydrogen-bond acceptors (Lipinski definition) is 8. The summed E-state index contributed by atoms with van der Waals surface area (Å²) in [6.07, 6.45) is 1.98. The maximum atomic E-state index is 12.0. The van der Waals surface area contributed by atoms with Crippen molar-refractivity contribution in [2.75, 3.05) is 43.1 Å². The first kappa shape index (κ1) is 23.1. The normalized spacial score (nSPS) is 13.2. The van der Waals surface area contributed by atoms with Crippen LogP contribution in [0.2, 0.25) is 0 Å². The van der Waals surface area contributed by atoms with E-state index in [9.17, 15) is 4.79 Å².